The van der Waals surface area contributed by atoms with Crippen LogP contribution in [-0.4, -0.2) is 131 Å². The first-order chi connectivity index (χ1) is 9.49. The SMILES string of the molecule is O=C(O)c1ccc(C(=O)c2ccc(C(=O)O)cc2)cc1.[KH].[KH]. The van der Waals surface area contributed by atoms with Gasteiger partial charge in [-0.1, -0.05) is 24.3 Å². The monoisotopic (exact) mass is 350 g/mol. The third-order valence-corrected chi connectivity index (χ3v) is 2.79. The van der Waals surface area contributed by atoms with E-state index >= 15 is 0 Å². The fourth-order valence-corrected chi connectivity index (χ4v) is 1.70. The molecule has 0 fully saturated rings. The van der Waals surface area contributed by atoms with E-state index in [0.717, 1.165) is 0 Å². The molecule has 2 aromatic carbocycles. The maximum absolute atomic E-state index is 12.1. The fraction of sp³-hybridized carbons (Fsp3) is 0. The van der Waals surface area contributed by atoms with Gasteiger partial charge < -0.3 is 10.2 Å². The molecular weight excluding hydrogens is 338 g/mol. The van der Waals surface area contributed by atoms with Crippen LogP contribution in [0.1, 0.15) is 36.6 Å². The van der Waals surface area contributed by atoms with Crippen LogP contribution in [0.25, 0.3) is 0 Å². The van der Waals surface area contributed by atoms with Gasteiger partial charge in [0.25, 0.3) is 0 Å². The average Bonchev–Trinajstić information content (AvgIpc) is 2.46. The van der Waals surface area contributed by atoms with E-state index in [0.29, 0.717) is 11.1 Å². The molecule has 7 heteroatoms. The summed E-state index contributed by atoms with van der Waals surface area (Å²) in [5.74, 6) is -2.41. The summed E-state index contributed by atoms with van der Waals surface area (Å²) >= 11 is 0. The van der Waals surface area contributed by atoms with Crippen molar-refractivity contribution in [2.75, 3.05) is 0 Å². The number of ketones is 1. The molecule has 0 spiro atoms. The Bertz CT molecular complexity index is 619. The standard InChI is InChI=1S/C15H10O5.2K.2H/c16-13(9-1-5-11(6-2-9)14(17)18)10-3-7-12(8-4-10)15(19)20;;;;/h1-8H,(H,17,18)(H,19,20);;;;. The predicted molar refractivity (Wildman–Crippen MR) is 84.5 cm³/mol. The van der Waals surface area contributed by atoms with Crippen LogP contribution in [0.2, 0.25) is 0 Å². The van der Waals surface area contributed by atoms with Crippen LogP contribution in [0.5, 0.6) is 0 Å². The molecule has 0 bridgehead atoms. The Labute approximate surface area is 212 Å². The second-order valence-electron chi connectivity index (χ2n) is 4.09. The number of carboxylic acid groups (broad SMARTS) is 2. The van der Waals surface area contributed by atoms with Crippen molar-refractivity contribution in [3.63, 3.8) is 0 Å². The van der Waals surface area contributed by atoms with Crippen LogP contribution in [0.15, 0.2) is 48.5 Å². The first-order valence-electron chi connectivity index (χ1n) is 5.70. The van der Waals surface area contributed by atoms with E-state index in [9.17, 15) is 14.4 Å². The van der Waals surface area contributed by atoms with Crippen LogP contribution in [0, 0.1) is 0 Å². The number of benzene rings is 2. The van der Waals surface area contributed by atoms with Crippen molar-refractivity contribution < 1.29 is 24.6 Å². The zero-order valence-corrected chi connectivity index (χ0v) is 10.2. The second-order valence-corrected chi connectivity index (χ2v) is 4.09. The van der Waals surface area contributed by atoms with Crippen molar-refractivity contribution in [1.82, 2.24) is 0 Å². The van der Waals surface area contributed by atoms with Gasteiger partial charge in [0.2, 0.25) is 0 Å². The summed E-state index contributed by atoms with van der Waals surface area (Å²) in [5, 5.41) is 17.5. The minimum atomic E-state index is -1.06. The molecule has 22 heavy (non-hydrogen) atoms. The van der Waals surface area contributed by atoms with E-state index < -0.39 is 11.9 Å². The summed E-state index contributed by atoms with van der Waals surface area (Å²) in [6, 6.07) is 11.1. The van der Waals surface area contributed by atoms with E-state index in [-0.39, 0.29) is 120 Å². The van der Waals surface area contributed by atoms with Crippen LogP contribution < -0.4 is 0 Å². The molecule has 2 aromatic rings. The van der Waals surface area contributed by atoms with Crippen molar-refractivity contribution in [2.45, 2.75) is 0 Å². The number of hydrogen-bond acceptors (Lipinski definition) is 3. The molecule has 0 radical (unpaired) electrons. The zero-order chi connectivity index (χ0) is 14.7. The molecule has 0 saturated heterocycles. The summed E-state index contributed by atoms with van der Waals surface area (Å²) < 4.78 is 0. The summed E-state index contributed by atoms with van der Waals surface area (Å²) in [6.45, 7) is 0. The van der Waals surface area contributed by atoms with Gasteiger partial charge in [-0.3, -0.25) is 4.79 Å². The van der Waals surface area contributed by atoms with Crippen LogP contribution in [0.3, 0.4) is 0 Å². The van der Waals surface area contributed by atoms with E-state index in [1.54, 1.807) is 0 Å². The minimum absolute atomic E-state index is 0. The van der Waals surface area contributed by atoms with E-state index in [2.05, 4.69) is 0 Å². The van der Waals surface area contributed by atoms with Crippen LogP contribution >= 0.6 is 0 Å². The molecule has 0 saturated carbocycles. The number of aromatic carboxylic acids is 2. The van der Waals surface area contributed by atoms with Crippen LogP contribution in [-0.2, 0) is 0 Å². The van der Waals surface area contributed by atoms with E-state index in [1.165, 1.54) is 48.5 Å². The summed E-state index contributed by atoms with van der Waals surface area (Å²) in [4.78, 5) is 33.5. The van der Waals surface area contributed by atoms with E-state index in [1.807, 2.05) is 0 Å². The Balaban J connectivity index is 0.00000220. The summed E-state index contributed by atoms with van der Waals surface area (Å²) in [5.41, 5.74) is 0.890. The molecule has 2 N–H and O–H groups in total. The molecule has 0 aliphatic heterocycles. The molecular formula is C15H12K2O5. The van der Waals surface area contributed by atoms with Crippen molar-refractivity contribution >= 4 is 120 Å². The summed E-state index contributed by atoms with van der Waals surface area (Å²) in [7, 11) is 0. The van der Waals surface area contributed by atoms with Crippen molar-refractivity contribution in [3.05, 3.63) is 70.8 Å². The van der Waals surface area contributed by atoms with Gasteiger partial charge >= 0.3 is 115 Å². The van der Waals surface area contributed by atoms with Gasteiger partial charge in [0.1, 0.15) is 0 Å². The maximum atomic E-state index is 12.1. The Morgan fingerprint density at radius 1 is 0.545 bits per heavy atom. The molecule has 0 aromatic heterocycles. The molecule has 0 aliphatic rings. The molecule has 104 valence electrons. The van der Waals surface area contributed by atoms with Gasteiger partial charge in [-0.2, -0.15) is 0 Å². The molecule has 0 aliphatic carbocycles. The zero-order valence-electron chi connectivity index (χ0n) is 10.2. The van der Waals surface area contributed by atoms with Gasteiger partial charge in [-0.25, -0.2) is 9.59 Å². The van der Waals surface area contributed by atoms with Gasteiger partial charge in [0.05, 0.1) is 11.1 Å². The second kappa shape index (κ2) is 10.2. The Hall–Kier alpha value is 0.323. The quantitative estimate of drug-likeness (QED) is 0.634. The number of carboxylic acids is 2. The van der Waals surface area contributed by atoms with E-state index in [4.69, 9.17) is 10.2 Å². The number of carbonyl (C=O) groups excluding carboxylic acids is 1. The fourth-order valence-electron chi connectivity index (χ4n) is 1.70. The van der Waals surface area contributed by atoms with Crippen molar-refractivity contribution in [3.8, 4) is 0 Å². The third-order valence-electron chi connectivity index (χ3n) is 2.79. The first kappa shape index (κ1) is 22.3. The van der Waals surface area contributed by atoms with Crippen LogP contribution in [0.4, 0.5) is 0 Å². The predicted octanol–water partition coefficient (Wildman–Crippen LogP) is 1.02. The van der Waals surface area contributed by atoms with Gasteiger partial charge in [0, 0.05) is 11.1 Å². The Kier molecular flexibility index (Phi) is 10.4. The first-order valence-corrected chi connectivity index (χ1v) is 5.70. The molecule has 5 nitrogen and oxygen atoms in total. The van der Waals surface area contributed by atoms with Gasteiger partial charge in [-0.15, -0.1) is 0 Å². The third kappa shape index (κ3) is 5.75. The molecule has 0 unspecified atom stereocenters. The normalized spacial score (nSPS) is 9.09. The molecule has 0 atom stereocenters. The van der Waals surface area contributed by atoms with Crippen molar-refractivity contribution in [1.29, 1.82) is 0 Å². The van der Waals surface area contributed by atoms with Crippen molar-refractivity contribution in [2.24, 2.45) is 0 Å². The Morgan fingerprint density at radius 3 is 1.00 bits per heavy atom. The summed E-state index contributed by atoms with van der Waals surface area (Å²) in [6.07, 6.45) is 0. The molecule has 2 rings (SSSR count). The number of carbonyl (C=O) groups is 3. The molecule has 0 heterocycles. The number of rotatable bonds is 4. The van der Waals surface area contributed by atoms with Gasteiger partial charge in [0.15, 0.2) is 5.78 Å². The number of hydrogen-bond donors (Lipinski definition) is 2. The Morgan fingerprint density at radius 2 is 0.773 bits per heavy atom. The molecule has 0 amide bonds. The average molecular weight is 350 g/mol. The topological polar surface area (TPSA) is 91.7 Å². The van der Waals surface area contributed by atoms with Gasteiger partial charge in [-0.05, 0) is 24.3 Å².